The van der Waals surface area contributed by atoms with Crippen LogP contribution >= 0.6 is 0 Å². The predicted molar refractivity (Wildman–Crippen MR) is 79.5 cm³/mol. The molecule has 3 rings (SSSR count). The monoisotopic (exact) mass is 282 g/mol. The first-order valence-corrected chi connectivity index (χ1v) is 6.47. The maximum Gasteiger partial charge on any atom is 0.231 e. The van der Waals surface area contributed by atoms with Gasteiger partial charge in [-0.1, -0.05) is 6.07 Å². The quantitative estimate of drug-likeness (QED) is 0.797. The maximum atomic E-state index is 5.60. The molecule has 0 unspecified atom stereocenters. The van der Waals surface area contributed by atoms with Crippen molar-refractivity contribution in [3.63, 3.8) is 0 Å². The molecule has 5 nitrogen and oxygen atoms in total. The molecule has 0 aliphatic carbocycles. The molecule has 1 aliphatic rings. The van der Waals surface area contributed by atoms with Crippen molar-refractivity contribution in [2.24, 2.45) is 9.98 Å². The van der Waals surface area contributed by atoms with Crippen molar-refractivity contribution in [3.8, 4) is 17.2 Å². The van der Waals surface area contributed by atoms with Gasteiger partial charge in [-0.15, -0.1) is 0 Å². The van der Waals surface area contributed by atoms with Crippen LogP contribution in [0, 0.1) is 6.92 Å². The molecule has 0 atom stereocenters. The van der Waals surface area contributed by atoms with Crippen LogP contribution < -0.4 is 14.2 Å². The SMILES string of the molecule is COc1ccc2c(c1)N=C=Nc1cc(C)ccc1OCO2. The van der Waals surface area contributed by atoms with Crippen LogP contribution in [0.1, 0.15) is 5.56 Å². The third-order valence-corrected chi connectivity index (χ3v) is 3.05. The van der Waals surface area contributed by atoms with Crippen LogP contribution in [0.4, 0.5) is 11.4 Å². The zero-order valence-electron chi connectivity index (χ0n) is 11.8. The number of benzene rings is 2. The highest BCUT2D eigenvalue weighted by atomic mass is 16.7. The fourth-order valence-electron chi connectivity index (χ4n) is 1.96. The normalized spacial score (nSPS) is 12.7. The molecule has 0 N–H and O–H groups in total. The number of hydrogen-bond donors (Lipinski definition) is 0. The van der Waals surface area contributed by atoms with Gasteiger partial charge in [-0.25, -0.2) is 0 Å². The van der Waals surface area contributed by atoms with Crippen LogP contribution in [0.15, 0.2) is 46.4 Å². The van der Waals surface area contributed by atoms with Gasteiger partial charge in [-0.05, 0) is 36.8 Å². The summed E-state index contributed by atoms with van der Waals surface area (Å²) in [7, 11) is 1.60. The van der Waals surface area contributed by atoms with Crippen LogP contribution in [0.2, 0.25) is 0 Å². The Hall–Kier alpha value is -2.78. The summed E-state index contributed by atoms with van der Waals surface area (Å²) in [5, 5.41) is 0. The lowest BCUT2D eigenvalue weighted by molar-refractivity contribution is 0.121. The lowest BCUT2D eigenvalue weighted by Gasteiger charge is -2.13. The molecule has 1 aliphatic heterocycles. The molecule has 2 aromatic rings. The number of nitrogens with zero attached hydrogens (tertiary/aromatic N) is 2. The van der Waals surface area contributed by atoms with E-state index in [9.17, 15) is 0 Å². The summed E-state index contributed by atoms with van der Waals surface area (Å²) in [6, 6.07) is 13.7. The van der Waals surface area contributed by atoms with E-state index < -0.39 is 0 Å². The van der Waals surface area contributed by atoms with Crippen molar-refractivity contribution < 1.29 is 14.2 Å². The fraction of sp³-hybridized carbons (Fsp3) is 0.188. The zero-order chi connectivity index (χ0) is 14.7. The Labute approximate surface area is 122 Å². The first-order valence-electron chi connectivity index (χ1n) is 6.47. The molecular weight excluding hydrogens is 268 g/mol. The lowest BCUT2D eigenvalue weighted by Crippen LogP contribution is -2.06. The second-order valence-electron chi connectivity index (χ2n) is 4.53. The fourth-order valence-corrected chi connectivity index (χ4v) is 1.96. The summed E-state index contributed by atoms with van der Waals surface area (Å²) < 4.78 is 16.4. The third-order valence-electron chi connectivity index (χ3n) is 3.05. The largest absolute Gasteiger partial charge is 0.497 e. The smallest absolute Gasteiger partial charge is 0.231 e. The number of rotatable bonds is 1. The van der Waals surface area contributed by atoms with E-state index in [0.29, 0.717) is 28.6 Å². The van der Waals surface area contributed by atoms with Gasteiger partial charge in [0, 0.05) is 6.07 Å². The van der Waals surface area contributed by atoms with E-state index in [1.165, 1.54) is 0 Å². The standard InChI is InChI=1S/C16H14N2O3/c1-11-3-5-15-13(7-11)17-9-18-14-8-12(19-2)4-6-16(14)21-10-20-15/h3-8H,10H2,1-2H3. The second-order valence-corrected chi connectivity index (χ2v) is 4.53. The molecule has 106 valence electrons. The minimum Gasteiger partial charge on any atom is -0.497 e. The average Bonchev–Trinajstić information content (AvgIpc) is 2.50. The average molecular weight is 282 g/mol. The summed E-state index contributed by atoms with van der Waals surface area (Å²) in [6.45, 7) is 2.07. The van der Waals surface area contributed by atoms with Crippen LogP contribution in [-0.4, -0.2) is 19.9 Å². The molecule has 1 heterocycles. The van der Waals surface area contributed by atoms with Gasteiger partial charge in [-0.3, -0.25) is 0 Å². The van der Waals surface area contributed by atoms with E-state index in [1.54, 1.807) is 25.3 Å². The molecule has 0 bridgehead atoms. The van der Waals surface area contributed by atoms with E-state index in [0.717, 1.165) is 5.56 Å². The number of aryl methyl sites for hydroxylation is 1. The minimum absolute atomic E-state index is 0.0838. The molecule has 0 spiro atoms. The van der Waals surface area contributed by atoms with Crippen molar-refractivity contribution in [1.82, 2.24) is 0 Å². The van der Waals surface area contributed by atoms with Gasteiger partial charge in [0.05, 0.1) is 7.11 Å². The van der Waals surface area contributed by atoms with Crippen molar-refractivity contribution in [1.29, 1.82) is 0 Å². The lowest BCUT2D eigenvalue weighted by atomic mass is 10.2. The molecule has 5 heteroatoms. The molecule has 21 heavy (non-hydrogen) atoms. The summed E-state index contributed by atoms with van der Waals surface area (Å²) in [5.74, 6) is 1.92. The van der Waals surface area contributed by atoms with Gasteiger partial charge in [-0.2, -0.15) is 9.98 Å². The minimum atomic E-state index is 0.0838. The number of fused-ring (bicyclic) bond motifs is 2. The molecule has 0 aromatic heterocycles. The highest BCUT2D eigenvalue weighted by Gasteiger charge is 2.08. The first kappa shape index (κ1) is 13.2. The highest BCUT2D eigenvalue weighted by molar-refractivity contribution is 5.66. The Kier molecular flexibility index (Phi) is 3.58. The van der Waals surface area contributed by atoms with Crippen LogP contribution in [0.3, 0.4) is 0 Å². The van der Waals surface area contributed by atoms with Crippen molar-refractivity contribution in [2.75, 3.05) is 13.9 Å². The Balaban J connectivity index is 2.06. The van der Waals surface area contributed by atoms with E-state index in [2.05, 4.69) is 16.0 Å². The molecule has 0 amide bonds. The Morgan fingerprint density at radius 3 is 2.38 bits per heavy atom. The molecular formula is C16H14N2O3. The summed E-state index contributed by atoms with van der Waals surface area (Å²) in [4.78, 5) is 8.43. The summed E-state index contributed by atoms with van der Waals surface area (Å²) in [5.41, 5.74) is 2.36. The zero-order valence-corrected chi connectivity index (χ0v) is 11.8. The first-order chi connectivity index (χ1) is 10.3. The Morgan fingerprint density at radius 1 is 1.00 bits per heavy atom. The third kappa shape index (κ3) is 2.88. The van der Waals surface area contributed by atoms with E-state index in [-0.39, 0.29) is 6.79 Å². The van der Waals surface area contributed by atoms with E-state index >= 15 is 0 Å². The number of hydrogen-bond acceptors (Lipinski definition) is 5. The van der Waals surface area contributed by atoms with Crippen LogP contribution in [0.5, 0.6) is 17.2 Å². The molecule has 2 aromatic carbocycles. The second kappa shape index (κ2) is 5.69. The number of methoxy groups -OCH3 is 1. The highest BCUT2D eigenvalue weighted by Crippen LogP contribution is 2.33. The topological polar surface area (TPSA) is 52.4 Å². The molecule has 0 saturated carbocycles. The van der Waals surface area contributed by atoms with Gasteiger partial charge in [0.1, 0.15) is 28.9 Å². The number of ether oxygens (including phenoxy) is 3. The molecule has 0 saturated heterocycles. The van der Waals surface area contributed by atoms with Crippen LogP contribution in [0.25, 0.3) is 0 Å². The Bertz CT molecular complexity index is 734. The van der Waals surface area contributed by atoms with Gasteiger partial charge in [0.15, 0.2) is 5.75 Å². The molecule has 0 fully saturated rings. The predicted octanol–water partition coefficient (Wildman–Crippen LogP) is 3.87. The number of aliphatic imine (C=N–C) groups is 2. The van der Waals surface area contributed by atoms with E-state index in [4.69, 9.17) is 14.2 Å². The van der Waals surface area contributed by atoms with Crippen molar-refractivity contribution in [3.05, 3.63) is 42.0 Å². The van der Waals surface area contributed by atoms with Gasteiger partial charge >= 0.3 is 0 Å². The van der Waals surface area contributed by atoms with E-state index in [1.807, 2.05) is 25.1 Å². The Morgan fingerprint density at radius 2 is 1.67 bits per heavy atom. The van der Waals surface area contributed by atoms with Gasteiger partial charge in [0.2, 0.25) is 6.79 Å². The van der Waals surface area contributed by atoms with Crippen molar-refractivity contribution >= 4 is 17.4 Å². The maximum absolute atomic E-state index is 5.60. The summed E-state index contributed by atoms with van der Waals surface area (Å²) >= 11 is 0. The van der Waals surface area contributed by atoms with Gasteiger partial charge in [0.25, 0.3) is 0 Å². The summed E-state index contributed by atoms with van der Waals surface area (Å²) in [6.07, 6.45) is 0. The molecule has 0 radical (unpaired) electrons. The van der Waals surface area contributed by atoms with Gasteiger partial charge < -0.3 is 14.2 Å². The van der Waals surface area contributed by atoms with Crippen molar-refractivity contribution in [2.45, 2.75) is 6.92 Å². The van der Waals surface area contributed by atoms with Crippen LogP contribution in [-0.2, 0) is 0 Å².